The van der Waals surface area contributed by atoms with Gasteiger partial charge in [0.25, 0.3) is 5.91 Å². The molecule has 3 aromatic rings. The minimum atomic E-state index is -4.27. The minimum absolute atomic E-state index is 0.0415. The average Bonchev–Trinajstić information content (AvgIpc) is 3.41. The van der Waals surface area contributed by atoms with Crippen molar-refractivity contribution in [3.8, 4) is 0 Å². The highest BCUT2D eigenvalue weighted by Crippen LogP contribution is 2.38. The molecule has 0 aliphatic carbocycles. The number of carbonyl (C=O) groups is 1. The molecule has 45 heavy (non-hydrogen) atoms. The van der Waals surface area contributed by atoms with Gasteiger partial charge in [0.1, 0.15) is 11.6 Å². The first-order valence-corrected chi connectivity index (χ1v) is 16.6. The van der Waals surface area contributed by atoms with Crippen LogP contribution in [0.15, 0.2) is 41.3 Å². The number of halogens is 2. The Morgan fingerprint density at radius 1 is 1.04 bits per heavy atom. The van der Waals surface area contributed by atoms with Crippen LogP contribution in [0.4, 0.5) is 20.3 Å². The maximum absolute atomic E-state index is 14.0. The fraction of sp³-hybridized carbons (Fsp3) is 0.484. The Kier molecular flexibility index (Phi) is 8.94. The van der Waals surface area contributed by atoms with E-state index in [9.17, 15) is 22.0 Å². The van der Waals surface area contributed by atoms with Crippen LogP contribution in [-0.4, -0.2) is 85.8 Å². The minimum Gasteiger partial charge on any atom is -0.381 e. The predicted molar refractivity (Wildman–Crippen MR) is 164 cm³/mol. The number of sulfonamides is 1. The summed E-state index contributed by atoms with van der Waals surface area (Å²) in [4.78, 5) is 15.7. The Hall–Kier alpha value is -3.43. The van der Waals surface area contributed by atoms with Crippen LogP contribution in [0.25, 0.3) is 0 Å². The van der Waals surface area contributed by atoms with Gasteiger partial charge in [0.15, 0.2) is 5.82 Å². The molecule has 3 aliphatic heterocycles. The highest BCUT2D eigenvalue weighted by molar-refractivity contribution is 7.89. The van der Waals surface area contributed by atoms with E-state index in [1.54, 1.807) is 6.07 Å². The van der Waals surface area contributed by atoms with Crippen molar-refractivity contribution in [3.05, 3.63) is 70.4 Å². The number of hydrogen-bond donors (Lipinski definition) is 3. The van der Waals surface area contributed by atoms with E-state index in [2.05, 4.69) is 25.7 Å². The smallest absolute Gasteiger partial charge is 0.258 e. The van der Waals surface area contributed by atoms with E-state index in [0.29, 0.717) is 55.0 Å². The Labute approximate surface area is 261 Å². The molecule has 0 bridgehead atoms. The number of hydrogen-bond acceptors (Lipinski definition) is 8. The zero-order chi connectivity index (χ0) is 31.8. The fourth-order valence-corrected chi connectivity index (χ4v) is 7.81. The van der Waals surface area contributed by atoms with Gasteiger partial charge in [-0.15, -0.1) is 0 Å². The Bertz CT molecular complexity index is 1650. The summed E-state index contributed by atoms with van der Waals surface area (Å²) in [5, 5.41) is 13.8. The van der Waals surface area contributed by atoms with Crippen LogP contribution in [0.5, 0.6) is 0 Å². The summed E-state index contributed by atoms with van der Waals surface area (Å²) in [5.41, 5.74) is 2.63. The first-order chi connectivity index (χ1) is 21.5. The third-order valence-electron chi connectivity index (χ3n) is 8.58. The number of aromatic amines is 1. The standard InChI is InChI=1S/C31H38F2N6O5S/c1-31(2)19-39(45(41,42)24-15-21(32)14-22(33)16-24)18-26-28(31)36-37-29(26)35-30(40)25-4-3-20(17-38-7-11-44-12-8-38)13-27(25)34-23-5-9-43-10-6-23/h3-4,13-16,23,34H,5-12,17-19H2,1-2H3,(H2,35,36,37,40). The zero-order valence-electron chi connectivity index (χ0n) is 25.4. The van der Waals surface area contributed by atoms with E-state index in [0.717, 1.165) is 54.5 Å². The molecule has 11 nitrogen and oxygen atoms in total. The van der Waals surface area contributed by atoms with E-state index in [4.69, 9.17) is 9.47 Å². The summed E-state index contributed by atoms with van der Waals surface area (Å²) in [6.45, 7) is 8.66. The van der Waals surface area contributed by atoms with Gasteiger partial charge >= 0.3 is 0 Å². The van der Waals surface area contributed by atoms with Crippen LogP contribution >= 0.6 is 0 Å². The van der Waals surface area contributed by atoms with Gasteiger partial charge in [-0.3, -0.25) is 14.8 Å². The lowest BCUT2D eigenvalue weighted by Gasteiger charge is -2.36. The normalized spacial score (nSPS) is 19.6. The number of amides is 1. The molecular weight excluding hydrogens is 606 g/mol. The van der Waals surface area contributed by atoms with Crippen molar-refractivity contribution >= 4 is 27.4 Å². The monoisotopic (exact) mass is 644 g/mol. The molecule has 0 unspecified atom stereocenters. The molecule has 0 atom stereocenters. The van der Waals surface area contributed by atoms with Gasteiger partial charge < -0.3 is 20.1 Å². The number of rotatable bonds is 8. The molecular formula is C31H38F2N6O5S. The third kappa shape index (κ3) is 6.89. The van der Waals surface area contributed by atoms with Crippen molar-refractivity contribution in [2.45, 2.75) is 56.1 Å². The molecule has 3 aliphatic rings. The van der Waals surface area contributed by atoms with Crippen molar-refractivity contribution in [2.75, 3.05) is 56.7 Å². The quantitative estimate of drug-likeness (QED) is 0.338. The fourth-order valence-electron chi connectivity index (χ4n) is 6.19. The number of carbonyl (C=O) groups excluding carboxylic acids is 1. The molecule has 3 N–H and O–H groups in total. The van der Waals surface area contributed by atoms with Gasteiger partial charge in [0.2, 0.25) is 10.0 Å². The van der Waals surface area contributed by atoms with Crippen molar-refractivity contribution in [2.24, 2.45) is 0 Å². The summed E-state index contributed by atoms with van der Waals surface area (Å²) in [5.74, 6) is -2.17. The molecule has 1 aromatic heterocycles. The number of fused-ring (bicyclic) bond motifs is 1. The highest BCUT2D eigenvalue weighted by atomic mass is 32.2. The van der Waals surface area contributed by atoms with Crippen LogP contribution in [0.2, 0.25) is 0 Å². The van der Waals surface area contributed by atoms with Crippen LogP contribution in [-0.2, 0) is 38.0 Å². The number of H-pyrrole nitrogens is 1. The number of ether oxygens (including phenoxy) is 2. The summed E-state index contributed by atoms with van der Waals surface area (Å²) in [7, 11) is -4.27. The van der Waals surface area contributed by atoms with E-state index in [1.165, 1.54) is 0 Å². The summed E-state index contributed by atoms with van der Waals surface area (Å²) in [6, 6.07) is 8.12. The first-order valence-electron chi connectivity index (χ1n) is 15.1. The molecule has 242 valence electrons. The Balaban J connectivity index is 1.27. The summed E-state index contributed by atoms with van der Waals surface area (Å²) >= 11 is 0. The number of anilines is 2. The second kappa shape index (κ2) is 12.8. The molecule has 4 heterocycles. The zero-order valence-corrected chi connectivity index (χ0v) is 26.2. The molecule has 6 rings (SSSR count). The molecule has 0 saturated carbocycles. The second-order valence-corrected chi connectivity index (χ2v) is 14.4. The van der Waals surface area contributed by atoms with Crippen molar-refractivity contribution in [3.63, 3.8) is 0 Å². The molecule has 2 saturated heterocycles. The third-order valence-corrected chi connectivity index (χ3v) is 10.3. The molecule has 2 aromatic carbocycles. The van der Waals surface area contributed by atoms with Crippen LogP contribution < -0.4 is 10.6 Å². The lowest BCUT2D eigenvalue weighted by Crippen LogP contribution is -2.45. The second-order valence-electron chi connectivity index (χ2n) is 12.4. The molecule has 2 fully saturated rings. The molecule has 14 heteroatoms. The highest BCUT2D eigenvalue weighted by Gasteiger charge is 2.41. The van der Waals surface area contributed by atoms with Gasteiger partial charge in [0, 0.05) is 80.4 Å². The van der Waals surface area contributed by atoms with Crippen molar-refractivity contribution in [1.82, 2.24) is 19.4 Å². The van der Waals surface area contributed by atoms with Gasteiger partial charge in [-0.1, -0.05) is 19.9 Å². The van der Waals surface area contributed by atoms with Gasteiger partial charge in [0.05, 0.1) is 23.7 Å². The average molecular weight is 645 g/mol. The van der Waals surface area contributed by atoms with E-state index < -0.39 is 37.9 Å². The number of morpholine rings is 1. The molecule has 1 amide bonds. The van der Waals surface area contributed by atoms with E-state index in [-0.39, 0.29) is 24.9 Å². The Morgan fingerprint density at radius 3 is 2.44 bits per heavy atom. The lowest BCUT2D eigenvalue weighted by atomic mass is 9.84. The number of nitrogens with one attached hydrogen (secondary N) is 3. The number of benzene rings is 2. The van der Waals surface area contributed by atoms with E-state index in [1.807, 2.05) is 26.0 Å². The van der Waals surface area contributed by atoms with Crippen molar-refractivity contribution in [1.29, 1.82) is 0 Å². The first kappa shape index (κ1) is 31.5. The van der Waals surface area contributed by atoms with Gasteiger partial charge in [-0.05, 0) is 42.7 Å². The van der Waals surface area contributed by atoms with E-state index >= 15 is 0 Å². The lowest BCUT2D eigenvalue weighted by molar-refractivity contribution is 0.0342. The largest absolute Gasteiger partial charge is 0.381 e. The molecule has 0 radical (unpaired) electrons. The number of nitrogens with zero attached hydrogens (tertiary/aromatic N) is 3. The molecule has 0 spiro atoms. The topological polar surface area (TPSA) is 129 Å². The number of aromatic nitrogens is 2. The van der Waals surface area contributed by atoms with Crippen molar-refractivity contribution < 1.29 is 31.5 Å². The maximum Gasteiger partial charge on any atom is 0.258 e. The van der Waals surface area contributed by atoms with Crippen LogP contribution in [0.1, 0.15) is 53.9 Å². The summed E-state index contributed by atoms with van der Waals surface area (Å²) in [6.07, 6.45) is 1.63. The predicted octanol–water partition coefficient (Wildman–Crippen LogP) is 3.85. The maximum atomic E-state index is 14.0. The van der Waals surface area contributed by atoms with Gasteiger partial charge in [-0.25, -0.2) is 17.2 Å². The van der Waals surface area contributed by atoms with Crippen LogP contribution in [0.3, 0.4) is 0 Å². The summed E-state index contributed by atoms with van der Waals surface area (Å²) < 4.78 is 67.1. The SMILES string of the molecule is CC1(C)CN(S(=O)(=O)c2cc(F)cc(F)c2)Cc2c(NC(=O)c3ccc(CN4CCOCC4)cc3NC3CCOCC3)n[nH]c21. The van der Waals surface area contributed by atoms with Crippen LogP contribution in [0, 0.1) is 11.6 Å². The Morgan fingerprint density at radius 2 is 1.73 bits per heavy atom. The van der Waals surface area contributed by atoms with Gasteiger partial charge in [-0.2, -0.15) is 9.40 Å².